The summed E-state index contributed by atoms with van der Waals surface area (Å²) in [6.07, 6.45) is -6.06. The molecule has 0 aliphatic heterocycles. The van der Waals surface area contributed by atoms with Crippen molar-refractivity contribution in [3.8, 4) is 0 Å². The van der Waals surface area contributed by atoms with E-state index in [-0.39, 0.29) is 6.54 Å². The predicted octanol–water partition coefficient (Wildman–Crippen LogP) is 4.87. The van der Waals surface area contributed by atoms with Gasteiger partial charge in [-0.2, -0.15) is 18.3 Å². The molecule has 27 heavy (non-hydrogen) atoms. The Labute approximate surface area is 156 Å². The minimum Gasteiger partial charge on any atom is -0.321 e. The van der Waals surface area contributed by atoms with Gasteiger partial charge in [0.25, 0.3) is 0 Å². The maximum atomic E-state index is 13.8. The molecule has 0 aliphatic carbocycles. The Morgan fingerprint density at radius 2 is 1.59 bits per heavy atom. The van der Waals surface area contributed by atoms with Crippen LogP contribution in [0.4, 0.5) is 36.4 Å². The van der Waals surface area contributed by atoms with E-state index >= 15 is 0 Å². The molecule has 0 unspecified atom stereocenters. The lowest BCUT2D eigenvalue weighted by Crippen LogP contribution is -2.21. The minimum absolute atomic E-state index is 0.0427. The number of hydrogen-bond donors (Lipinski definition) is 1. The first-order valence-corrected chi connectivity index (χ1v) is 8.08. The van der Waals surface area contributed by atoms with E-state index in [1.807, 2.05) is 0 Å². The lowest BCUT2D eigenvalue weighted by Gasteiger charge is -2.14. The molecule has 1 heterocycles. The highest BCUT2D eigenvalue weighted by Crippen LogP contribution is 2.38. The second kappa shape index (κ2) is 7.49. The van der Waals surface area contributed by atoms with Crippen LogP contribution in [0.25, 0.3) is 0 Å². The van der Waals surface area contributed by atoms with Crippen molar-refractivity contribution in [3.63, 3.8) is 0 Å². The fraction of sp³-hybridized carbons (Fsp3) is 0.333. The van der Waals surface area contributed by atoms with Crippen molar-refractivity contribution < 1.29 is 35.5 Å². The SMILES string of the molecule is Cc1nn(CCC(=O)Nc2c(F)c(F)c(C(F)(F)F)c(F)c2F)c(C)c1Br. The summed E-state index contributed by atoms with van der Waals surface area (Å²) in [5.74, 6) is -11.0. The molecule has 0 saturated carbocycles. The highest BCUT2D eigenvalue weighted by atomic mass is 79.9. The average Bonchev–Trinajstić information content (AvgIpc) is 2.81. The molecule has 0 fully saturated rings. The molecule has 2 aromatic rings. The summed E-state index contributed by atoms with van der Waals surface area (Å²) in [7, 11) is 0. The molecule has 1 aromatic heterocycles. The zero-order valence-electron chi connectivity index (χ0n) is 13.7. The Kier molecular flexibility index (Phi) is 5.88. The van der Waals surface area contributed by atoms with Gasteiger partial charge in [-0.25, -0.2) is 17.6 Å². The first kappa shape index (κ1) is 21.2. The largest absolute Gasteiger partial charge is 0.422 e. The number of halogens is 8. The standard InChI is InChI=1S/C15H11BrF7N3O/c1-5-9(16)6(2)26(25-5)4-3-7(27)24-14-12(19)10(17)8(15(21,22)23)11(18)13(14)20/h3-4H2,1-2H3,(H,24,27). The molecule has 148 valence electrons. The lowest BCUT2D eigenvalue weighted by molar-refractivity contribution is -0.143. The van der Waals surface area contributed by atoms with E-state index < -0.39 is 53.0 Å². The number of rotatable bonds is 4. The first-order chi connectivity index (χ1) is 12.4. The second-order valence-corrected chi connectivity index (χ2v) is 6.30. The van der Waals surface area contributed by atoms with Crippen LogP contribution in [-0.4, -0.2) is 15.7 Å². The maximum absolute atomic E-state index is 13.8. The van der Waals surface area contributed by atoms with Gasteiger partial charge in [0.15, 0.2) is 23.3 Å². The van der Waals surface area contributed by atoms with Gasteiger partial charge in [0.05, 0.1) is 16.7 Å². The van der Waals surface area contributed by atoms with Crippen molar-refractivity contribution in [1.82, 2.24) is 9.78 Å². The topological polar surface area (TPSA) is 46.9 Å². The number of benzene rings is 1. The zero-order chi connectivity index (χ0) is 20.7. The molecule has 1 aromatic carbocycles. The Morgan fingerprint density at radius 3 is 2.00 bits per heavy atom. The number of aryl methyl sites for hydroxylation is 2. The smallest absolute Gasteiger partial charge is 0.321 e. The number of carbonyl (C=O) groups excluding carboxylic acids is 1. The van der Waals surface area contributed by atoms with Crippen LogP contribution >= 0.6 is 15.9 Å². The van der Waals surface area contributed by atoms with Crippen molar-refractivity contribution in [2.75, 3.05) is 5.32 Å². The summed E-state index contributed by atoms with van der Waals surface area (Å²) >= 11 is 3.26. The number of nitrogens with one attached hydrogen (secondary N) is 1. The molecule has 0 bridgehead atoms. The summed E-state index contributed by atoms with van der Waals surface area (Å²) in [5, 5.41) is 5.65. The minimum atomic E-state index is -5.65. The van der Waals surface area contributed by atoms with Crippen LogP contribution in [0, 0.1) is 37.1 Å². The van der Waals surface area contributed by atoms with Crippen LogP contribution in [-0.2, 0) is 17.5 Å². The molecule has 0 aliphatic rings. The van der Waals surface area contributed by atoms with Gasteiger partial charge in [0.2, 0.25) is 5.91 Å². The van der Waals surface area contributed by atoms with Gasteiger partial charge in [0, 0.05) is 12.1 Å². The molecular weight excluding hydrogens is 451 g/mol. The highest BCUT2D eigenvalue weighted by Gasteiger charge is 2.42. The third-order valence-corrected chi connectivity index (χ3v) is 4.80. The summed E-state index contributed by atoms with van der Waals surface area (Å²) in [5.41, 5.74) is -3.05. The van der Waals surface area contributed by atoms with Crippen LogP contribution in [0.1, 0.15) is 23.4 Å². The van der Waals surface area contributed by atoms with E-state index in [1.54, 1.807) is 19.2 Å². The molecule has 1 amide bonds. The van der Waals surface area contributed by atoms with Crippen molar-refractivity contribution >= 4 is 27.5 Å². The van der Waals surface area contributed by atoms with Gasteiger partial charge in [-0.05, 0) is 29.8 Å². The summed E-state index contributed by atoms with van der Waals surface area (Å²) in [6, 6.07) is 0. The molecule has 2 rings (SSSR count). The van der Waals surface area contributed by atoms with Crippen LogP contribution in [0.15, 0.2) is 4.47 Å². The number of alkyl halides is 3. The maximum Gasteiger partial charge on any atom is 0.422 e. The number of anilines is 1. The zero-order valence-corrected chi connectivity index (χ0v) is 15.3. The van der Waals surface area contributed by atoms with E-state index in [2.05, 4.69) is 21.0 Å². The molecule has 0 radical (unpaired) electrons. The van der Waals surface area contributed by atoms with Gasteiger partial charge < -0.3 is 5.32 Å². The molecule has 0 saturated heterocycles. The van der Waals surface area contributed by atoms with E-state index in [0.717, 1.165) is 0 Å². The van der Waals surface area contributed by atoms with Crippen LogP contribution in [0.2, 0.25) is 0 Å². The Morgan fingerprint density at radius 1 is 1.07 bits per heavy atom. The molecule has 12 heteroatoms. The molecule has 1 N–H and O–H groups in total. The summed E-state index contributed by atoms with van der Waals surface area (Å²) in [4.78, 5) is 11.8. The van der Waals surface area contributed by atoms with E-state index in [0.29, 0.717) is 15.9 Å². The molecular formula is C15H11BrF7N3O. The van der Waals surface area contributed by atoms with Crippen molar-refractivity contribution in [1.29, 1.82) is 0 Å². The van der Waals surface area contributed by atoms with Crippen LogP contribution < -0.4 is 5.32 Å². The number of aromatic nitrogens is 2. The van der Waals surface area contributed by atoms with Crippen molar-refractivity contribution in [2.45, 2.75) is 33.0 Å². The van der Waals surface area contributed by atoms with Gasteiger partial charge in [-0.1, -0.05) is 0 Å². The monoisotopic (exact) mass is 461 g/mol. The fourth-order valence-electron chi connectivity index (χ4n) is 2.29. The number of nitrogens with zero attached hydrogens (tertiary/aromatic N) is 2. The van der Waals surface area contributed by atoms with Gasteiger partial charge in [-0.3, -0.25) is 9.48 Å². The average molecular weight is 462 g/mol. The highest BCUT2D eigenvalue weighted by molar-refractivity contribution is 9.10. The number of amides is 1. The number of hydrogen-bond acceptors (Lipinski definition) is 2. The van der Waals surface area contributed by atoms with Gasteiger partial charge >= 0.3 is 6.18 Å². The van der Waals surface area contributed by atoms with Crippen molar-refractivity contribution in [3.05, 3.63) is 44.7 Å². The molecule has 0 spiro atoms. The van der Waals surface area contributed by atoms with E-state index in [1.165, 1.54) is 4.68 Å². The lowest BCUT2D eigenvalue weighted by atomic mass is 10.1. The predicted molar refractivity (Wildman–Crippen MR) is 83.9 cm³/mol. The fourth-order valence-corrected chi connectivity index (χ4v) is 2.58. The third-order valence-electron chi connectivity index (χ3n) is 3.66. The van der Waals surface area contributed by atoms with E-state index in [9.17, 15) is 35.5 Å². The molecule has 4 nitrogen and oxygen atoms in total. The normalized spacial score (nSPS) is 11.8. The quantitative estimate of drug-likeness (QED) is 0.521. The number of carbonyl (C=O) groups is 1. The summed E-state index contributed by atoms with van der Waals surface area (Å²) < 4.78 is 94.3. The van der Waals surface area contributed by atoms with Crippen LogP contribution in [0.5, 0.6) is 0 Å². The second-order valence-electron chi connectivity index (χ2n) is 5.51. The Bertz CT molecular complexity index is 879. The Hall–Kier alpha value is -2.11. The van der Waals surface area contributed by atoms with E-state index in [4.69, 9.17) is 0 Å². The van der Waals surface area contributed by atoms with Crippen LogP contribution in [0.3, 0.4) is 0 Å². The van der Waals surface area contributed by atoms with Gasteiger partial charge in [-0.15, -0.1) is 0 Å². The summed E-state index contributed by atoms with van der Waals surface area (Å²) in [6.45, 7) is 3.33. The third kappa shape index (κ3) is 4.09. The molecule has 0 atom stereocenters. The van der Waals surface area contributed by atoms with Crippen molar-refractivity contribution in [2.24, 2.45) is 0 Å². The Balaban J connectivity index is 2.24. The first-order valence-electron chi connectivity index (χ1n) is 7.28. The van der Waals surface area contributed by atoms with Gasteiger partial charge in [0.1, 0.15) is 11.3 Å².